The Hall–Kier alpha value is -1.48. The van der Waals surface area contributed by atoms with Crippen LogP contribution >= 0.6 is 0 Å². The van der Waals surface area contributed by atoms with Crippen molar-refractivity contribution in [2.45, 2.75) is 70.2 Å². The van der Waals surface area contributed by atoms with Gasteiger partial charge in [0.2, 0.25) is 0 Å². The molecule has 0 amide bonds. The van der Waals surface area contributed by atoms with E-state index < -0.39 is 70.7 Å². The SMILES string of the molecule is CC1=CC(=O)O[C@H]1[C@@]1(C)C[C@H]2OC(=O)[C@H](O)[C@@]3(O)[C@@H](C)[C@@H](O)[C@H](O)[C@@H]1[C@@]23C. The highest BCUT2D eigenvalue weighted by molar-refractivity contribution is 5.86. The second kappa shape index (κ2) is 5.31. The van der Waals surface area contributed by atoms with Crippen LogP contribution < -0.4 is 0 Å². The van der Waals surface area contributed by atoms with E-state index in [0.717, 1.165) is 0 Å². The molecule has 150 valence electrons. The first kappa shape index (κ1) is 18.9. The Morgan fingerprint density at radius 1 is 1.11 bits per heavy atom. The molecule has 3 fully saturated rings. The molecule has 2 heterocycles. The number of carbonyl (C=O) groups excluding carboxylic acids is 2. The van der Waals surface area contributed by atoms with Crippen molar-refractivity contribution in [2.75, 3.05) is 0 Å². The number of ether oxygens (including phenoxy) is 2. The zero-order valence-electron chi connectivity index (χ0n) is 15.7. The molecule has 4 N–H and O–H groups in total. The Labute approximate surface area is 156 Å². The smallest absolute Gasteiger partial charge is 0.338 e. The summed E-state index contributed by atoms with van der Waals surface area (Å²) < 4.78 is 11.0. The summed E-state index contributed by atoms with van der Waals surface area (Å²) >= 11 is 0. The van der Waals surface area contributed by atoms with Crippen molar-refractivity contribution in [1.82, 2.24) is 0 Å². The predicted octanol–water partition coefficient (Wildman–Crippen LogP) is -0.721. The molecule has 8 heteroatoms. The van der Waals surface area contributed by atoms with E-state index >= 15 is 0 Å². The molecular weight excluding hydrogens is 356 g/mol. The zero-order valence-corrected chi connectivity index (χ0v) is 15.7. The van der Waals surface area contributed by atoms with Gasteiger partial charge in [0.05, 0.1) is 12.2 Å². The highest BCUT2D eigenvalue weighted by Gasteiger charge is 2.80. The van der Waals surface area contributed by atoms with E-state index in [1.807, 2.05) is 0 Å². The summed E-state index contributed by atoms with van der Waals surface area (Å²) in [7, 11) is 0. The average Bonchev–Trinajstić information content (AvgIpc) is 3.05. The molecule has 27 heavy (non-hydrogen) atoms. The lowest BCUT2D eigenvalue weighted by molar-refractivity contribution is -0.313. The molecule has 0 aromatic rings. The second-order valence-corrected chi connectivity index (χ2v) is 9.10. The van der Waals surface area contributed by atoms with E-state index in [-0.39, 0.29) is 6.42 Å². The number of esters is 2. The molecule has 1 saturated heterocycles. The largest absolute Gasteiger partial charge is 0.460 e. The summed E-state index contributed by atoms with van der Waals surface area (Å²) in [4.78, 5) is 24.1. The monoisotopic (exact) mass is 382 g/mol. The average molecular weight is 382 g/mol. The Balaban J connectivity index is 1.91. The summed E-state index contributed by atoms with van der Waals surface area (Å²) in [5, 5.41) is 43.8. The molecule has 0 unspecified atom stereocenters. The molecule has 0 bridgehead atoms. The van der Waals surface area contributed by atoms with Crippen LogP contribution in [-0.4, -0.2) is 68.5 Å². The van der Waals surface area contributed by atoms with Gasteiger partial charge < -0.3 is 29.9 Å². The van der Waals surface area contributed by atoms with Crippen molar-refractivity contribution < 1.29 is 39.5 Å². The Kier molecular flexibility index (Phi) is 3.71. The van der Waals surface area contributed by atoms with Gasteiger partial charge in [-0.05, 0) is 18.9 Å². The van der Waals surface area contributed by atoms with Crippen LogP contribution in [0.15, 0.2) is 11.6 Å². The van der Waals surface area contributed by atoms with Gasteiger partial charge in [0, 0.05) is 28.7 Å². The van der Waals surface area contributed by atoms with E-state index in [9.17, 15) is 30.0 Å². The van der Waals surface area contributed by atoms with Crippen molar-refractivity contribution in [2.24, 2.45) is 22.7 Å². The molecule has 0 aromatic carbocycles. The van der Waals surface area contributed by atoms with Crippen LogP contribution in [0, 0.1) is 22.7 Å². The minimum Gasteiger partial charge on any atom is -0.460 e. The molecule has 0 aromatic heterocycles. The van der Waals surface area contributed by atoms with E-state index in [4.69, 9.17) is 9.47 Å². The lowest BCUT2D eigenvalue weighted by Gasteiger charge is -2.62. The first-order valence-electron chi connectivity index (χ1n) is 9.26. The van der Waals surface area contributed by atoms with E-state index in [1.165, 1.54) is 13.0 Å². The van der Waals surface area contributed by atoms with Crippen LogP contribution in [-0.2, 0) is 19.1 Å². The zero-order chi connectivity index (χ0) is 20.1. The number of cyclic esters (lactones) is 1. The molecule has 10 atom stereocenters. The van der Waals surface area contributed by atoms with Crippen molar-refractivity contribution in [3.05, 3.63) is 11.6 Å². The second-order valence-electron chi connectivity index (χ2n) is 9.10. The summed E-state index contributed by atoms with van der Waals surface area (Å²) in [5.41, 5.74) is -3.47. The standard InChI is InChI=1S/C19H26O8/c1-7-5-10(20)27-15(7)17(3)6-9-18(4)13(17)12(22)11(21)8(2)19(18,25)14(23)16(24)26-9/h5,8-9,11-15,21-23,25H,6H2,1-4H3/t8-,9+,11+,12-,13-,14-,15+,17-,18+,19-/m0/s1. The van der Waals surface area contributed by atoms with Crippen LogP contribution in [0.2, 0.25) is 0 Å². The third kappa shape index (κ3) is 1.92. The predicted molar refractivity (Wildman–Crippen MR) is 90.0 cm³/mol. The van der Waals surface area contributed by atoms with Crippen molar-refractivity contribution in [3.8, 4) is 0 Å². The number of hydrogen-bond donors (Lipinski definition) is 4. The first-order valence-corrected chi connectivity index (χ1v) is 9.26. The van der Waals surface area contributed by atoms with Crippen molar-refractivity contribution in [1.29, 1.82) is 0 Å². The third-order valence-electron chi connectivity index (χ3n) is 7.90. The van der Waals surface area contributed by atoms with Gasteiger partial charge in [-0.2, -0.15) is 0 Å². The molecule has 4 rings (SSSR count). The highest BCUT2D eigenvalue weighted by atomic mass is 16.6. The van der Waals surface area contributed by atoms with Gasteiger partial charge in [0.25, 0.3) is 0 Å². The maximum atomic E-state index is 12.3. The van der Waals surface area contributed by atoms with Crippen LogP contribution in [0.3, 0.4) is 0 Å². The topological polar surface area (TPSA) is 134 Å². The summed E-state index contributed by atoms with van der Waals surface area (Å²) in [6.07, 6.45) is -4.36. The third-order valence-corrected chi connectivity index (χ3v) is 7.90. The Morgan fingerprint density at radius 3 is 2.30 bits per heavy atom. The van der Waals surface area contributed by atoms with Gasteiger partial charge in [-0.25, -0.2) is 9.59 Å². The number of carbonyl (C=O) groups is 2. The Morgan fingerprint density at radius 2 is 1.74 bits per heavy atom. The molecule has 8 nitrogen and oxygen atoms in total. The van der Waals surface area contributed by atoms with Gasteiger partial charge in [-0.1, -0.05) is 20.8 Å². The van der Waals surface area contributed by atoms with E-state index in [1.54, 1.807) is 20.8 Å². The summed E-state index contributed by atoms with van der Waals surface area (Å²) in [6.45, 7) is 6.72. The van der Waals surface area contributed by atoms with Crippen LogP contribution in [0.25, 0.3) is 0 Å². The number of aliphatic hydroxyl groups is 4. The van der Waals surface area contributed by atoms with E-state index in [2.05, 4.69) is 0 Å². The number of rotatable bonds is 1. The molecule has 2 saturated carbocycles. The molecule has 4 aliphatic rings. The quantitative estimate of drug-likeness (QED) is 0.437. The molecular formula is C19H26O8. The minimum atomic E-state index is -1.99. The summed E-state index contributed by atoms with van der Waals surface area (Å²) in [6, 6.07) is 0. The fraction of sp³-hybridized carbons (Fsp3) is 0.789. The maximum Gasteiger partial charge on any atom is 0.338 e. The van der Waals surface area contributed by atoms with Crippen molar-refractivity contribution in [3.63, 3.8) is 0 Å². The van der Waals surface area contributed by atoms with Gasteiger partial charge >= 0.3 is 11.9 Å². The molecule has 2 aliphatic carbocycles. The molecule has 2 aliphatic heterocycles. The normalized spacial score (nSPS) is 57.0. The van der Waals surface area contributed by atoms with Crippen LogP contribution in [0.5, 0.6) is 0 Å². The molecule has 0 spiro atoms. The maximum absolute atomic E-state index is 12.3. The van der Waals surface area contributed by atoms with E-state index in [0.29, 0.717) is 5.57 Å². The van der Waals surface area contributed by atoms with Gasteiger partial charge in [-0.3, -0.25) is 0 Å². The fourth-order valence-electron chi connectivity index (χ4n) is 6.64. The lowest BCUT2D eigenvalue weighted by atomic mass is 9.48. The highest BCUT2D eigenvalue weighted by Crippen LogP contribution is 2.69. The minimum absolute atomic E-state index is 0.217. The van der Waals surface area contributed by atoms with Gasteiger partial charge in [0.15, 0.2) is 6.10 Å². The Bertz CT molecular complexity index is 748. The lowest BCUT2D eigenvalue weighted by Crippen LogP contribution is -2.77. The number of aliphatic hydroxyl groups excluding tert-OH is 3. The first-order chi connectivity index (χ1) is 12.4. The molecule has 0 radical (unpaired) electrons. The van der Waals surface area contributed by atoms with Gasteiger partial charge in [-0.15, -0.1) is 0 Å². The number of hydrogen-bond acceptors (Lipinski definition) is 8. The van der Waals surface area contributed by atoms with Crippen LogP contribution in [0.4, 0.5) is 0 Å². The van der Waals surface area contributed by atoms with Crippen molar-refractivity contribution >= 4 is 11.9 Å². The fourth-order valence-corrected chi connectivity index (χ4v) is 6.64. The van der Waals surface area contributed by atoms with Crippen LogP contribution in [0.1, 0.15) is 34.1 Å². The van der Waals surface area contributed by atoms with Gasteiger partial charge in [0.1, 0.15) is 17.8 Å². The summed E-state index contributed by atoms with van der Waals surface area (Å²) in [5.74, 6) is -3.20.